The second-order valence-electron chi connectivity index (χ2n) is 6.74. The summed E-state index contributed by atoms with van der Waals surface area (Å²) in [4.78, 5) is 12.4. The molecule has 0 aliphatic carbocycles. The highest BCUT2D eigenvalue weighted by molar-refractivity contribution is 7.89. The van der Waals surface area contributed by atoms with Gasteiger partial charge in [-0.15, -0.1) is 0 Å². The summed E-state index contributed by atoms with van der Waals surface area (Å²) in [5.41, 5.74) is 0.319. The van der Waals surface area contributed by atoms with Crippen LogP contribution in [0, 0.1) is 5.92 Å². The quantitative estimate of drug-likeness (QED) is 0.810. The molecule has 1 N–H and O–H groups in total. The van der Waals surface area contributed by atoms with Crippen molar-refractivity contribution in [1.82, 2.24) is 9.62 Å². The monoisotopic (exact) mass is 386 g/mol. The predicted molar refractivity (Wildman–Crippen MR) is 100 cm³/mol. The van der Waals surface area contributed by atoms with Crippen LogP contribution in [0.15, 0.2) is 23.1 Å². The summed E-state index contributed by atoms with van der Waals surface area (Å²) < 4.78 is 27.4. The lowest BCUT2D eigenvalue weighted by Crippen LogP contribution is -2.39. The van der Waals surface area contributed by atoms with Gasteiger partial charge >= 0.3 is 0 Å². The van der Waals surface area contributed by atoms with Gasteiger partial charge in [0.2, 0.25) is 10.0 Å². The van der Waals surface area contributed by atoms with Gasteiger partial charge in [-0.05, 0) is 49.8 Å². The Morgan fingerprint density at radius 3 is 2.64 bits per heavy atom. The molecule has 1 amide bonds. The van der Waals surface area contributed by atoms with E-state index in [-0.39, 0.29) is 21.9 Å². The predicted octanol–water partition coefficient (Wildman–Crippen LogP) is 3.68. The van der Waals surface area contributed by atoms with E-state index in [1.165, 1.54) is 16.4 Å². The van der Waals surface area contributed by atoms with Crippen molar-refractivity contribution in [1.29, 1.82) is 0 Å². The number of carbonyl (C=O) groups excluding carboxylic acids is 1. The molecule has 5 nitrogen and oxygen atoms in total. The number of halogens is 1. The van der Waals surface area contributed by atoms with E-state index in [2.05, 4.69) is 5.32 Å². The van der Waals surface area contributed by atoms with Crippen LogP contribution in [0.1, 0.15) is 56.8 Å². The number of benzene rings is 1. The van der Waals surface area contributed by atoms with Crippen LogP contribution in [0.5, 0.6) is 0 Å². The van der Waals surface area contributed by atoms with Crippen molar-refractivity contribution in [3.8, 4) is 0 Å². The van der Waals surface area contributed by atoms with Crippen LogP contribution >= 0.6 is 11.6 Å². The molecule has 1 saturated heterocycles. The average Bonchev–Trinajstić information content (AvgIpc) is 2.59. The molecule has 25 heavy (non-hydrogen) atoms. The van der Waals surface area contributed by atoms with Crippen LogP contribution in [0.25, 0.3) is 0 Å². The van der Waals surface area contributed by atoms with Crippen LogP contribution in [0.3, 0.4) is 0 Å². The molecule has 1 atom stereocenters. The molecule has 1 aromatic rings. The Hall–Kier alpha value is -1.11. The van der Waals surface area contributed by atoms with E-state index in [4.69, 9.17) is 11.6 Å². The standard InChI is InChI=1S/C18H27ClN2O3S/c1-4-15(5-2)20-18(22)14-8-9-16(19)17(11-14)25(23,24)21-10-6-7-13(3)12-21/h8-9,11,13,15H,4-7,10,12H2,1-3H3,(H,20,22). The summed E-state index contributed by atoms with van der Waals surface area (Å²) in [6.45, 7) is 7.03. The lowest BCUT2D eigenvalue weighted by atomic mass is 10.0. The minimum absolute atomic E-state index is 0.0143. The molecule has 1 heterocycles. The molecule has 0 saturated carbocycles. The van der Waals surface area contributed by atoms with Crippen molar-refractivity contribution in [2.24, 2.45) is 5.92 Å². The summed E-state index contributed by atoms with van der Waals surface area (Å²) in [5.74, 6) is 0.0532. The molecule has 140 valence electrons. The first-order chi connectivity index (χ1) is 11.8. The molecule has 1 fully saturated rings. The van der Waals surface area contributed by atoms with Crippen molar-refractivity contribution in [3.05, 3.63) is 28.8 Å². The molecule has 1 aliphatic rings. The van der Waals surface area contributed by atoms with Gasteiger partial charge in [0.1, 0.15) is 4.90 Å². The first-order valence-corrected chi connectivity index (χ1v) is 10.7. The van der Waals surface area contributed by atoms with Gasteiger partial charge < -0.3 is 5.32 Å². The average molecular weight is 387 g/mol. The smallest absolute Gasteiger partial charge is 0.251 e. The van der Waals surface area contributed by atoms with Gasteiger partial charge in [-0.3, -0.25) is 4.79 Å². The Balaban J connectivity index is 2.30. The summed E-state index contributed by atoms with van der Waals surface area (Å²) in [6.07, 6.45) is 3.52. The van der Waals surface area contributed by atoms with Gasteiger partial charge in [0.25, 0.3) is 5.91 Å². The summed E-state index contributed by atoms with van der Waals surface area (Å²) in [5, 5.41) is 3.08. The molecule has 0 aromatic heterocycles. The van der Waals surface area contributed by atoms with Crippen LogP contribution in [0.2, 0.25) is 5.02 Å². The maximum atomic E-state index is 13.0. The number of sulfonamides is 1. The van der Waals surface area contributed by atoms with E-state index in [9.17, 15) is 13.2 Å². The number of hydrogen-bond acceptors (Lipinski definition) is 3. The largest absolute Gasteiger partial charge is 0.349 e. The molecule has 0 spiro atoms. The molecule has 0 bridgehead atoms. The van der Waals surface area contributed by atoms with Gasteiger partial charge in [-0.25, -0.2) is 8.42 Å². The topological polar surface area (TPSA) is 66.5 Å². The number of carbonyl (C=O) groups is 1. The van der Waals surface area contributed by atoms with E-state index < -0.39 is 10.0 Å². The summed E-state index contributed by atoms with van der Waals surface area (Å²) >= 11 is 6.16. The van der Waals surface area contributed by atoms with E-state index in [0.29, 0.717) is 24.6 Å². The van der Waals surface area contributed by atoms with Crippen molar-refractivity contribution >= 4 is 27.5 Å². The highest BCUT2D eigenvalue weighted by atomic mass is 35.5. The van der Waals surface area contributed by atoms with Gasteiger partial charge in [0.05, 0.1) is 5.02 Å². The van der Waals surface area contributed by atoms with Crippen molar-refractivity contribution < 1.29 is 13.2 Å². The normalized spacial score (nSPS) is 19.2. The second-order valence-corrected chi connectivity index (χ2v) is 9.06. The molecule has 0 radical (unpaired) electrons. The molecule has 1 unspecified atom stereocenters. The molecular weight excluding hydrogens is 360 g/mol. The lowest BCUT2D eigenvalue weighted by Gasteiger charge is -2.30. The zero-order valence-corrected chi connectivity index (χ0v) is 16.7. The van der Waals surface area contributed by atoms with Gasteiger partial charge in [0, 0.05) is 24.7 Å². The number of hydrogen-bond donors (Lipinski definition) is 1. The van der Waals surface area contributed by atoms with Gasteiger partial charge in [-0.2, -0.15) is 4.31 Å². The maximum Gasteiger partial charge on any atom is 0.251 e. The van der Waals surface area contributed by atoms with E-state index in [0.717, 1.165) is 25.7 Å². The van der Waals surface area contributed by atoms with Crippen molar-refractivity contribution in [3.63, 3.8) is 0 Å². The van der Waals surface area contributed by atoms with Crippen LogP contribution < -0.4 is 5.32 Å². The minimum atomic E-state index is -3.70. The Labute approximate surface area is 155 Å². The van der Waals surface area contributed by atoms with Gasteiger partial charge in [-0.1, -0.05) is 32.4 Å². The number of nitrogens with one attached hydrogen (secondary N) is 1. The van der Waals surface area contributed by atoms with Crippen molar-refractivity contribution in [2.45, 2.75) is 57.4 Å². The fourth-order valence-electron chi connectivity index (χ4n) is 3.11. The first-order valence-electron chi connectivity index (χ1n) is 8.90. The van der Waals surface area contributed by atoms with E-state index >= 15 is 0 Å². The molecule has 2 rings (SSSR count). The molecule has 1 aromatic carbocycles. The third-order valence-electron chi connectivity index (χ3n) is 4.75. The lowest BCUT2D eigenvalue weighted by molar-refractivity contribution is 0.0934. The minimum Gasteiger partial charge on any atom is -0.349 e. The zero-order valence-electron chi connectivity index (χ0n) is 15.1. The van der Waals surface area contributed by atoms with Crippen LogP contribution in [-0.2, 0) is 10.0 Å². The van der Waals surface area contributed by atoms with Crippen LogP contribution in [-0.4, -0.2) is 37.8 Å². The second kappa shape index (κ2) is 8.52. The third-order valence-corrected chi connectivity index (χ3v) is 7.10. The Kier molecular flexibility index (Phi) is 6.88. The third kappa shape index (κ3) is 4.74. The van der Waals surface area contributed by atoms with Crippen LogP contribution in [0.4, 0.5) is 0 Å². The van der Waals surface area contributed by atoms with Gasteiger partial charge in [0.15, 0.2) is 0 Å². The number of nitrogens with zero attached hydrogens (tertiary/aromatic N) is 1. The van der Waals surface area contributed by atoms with Crippen molar-refractivity contribution in [2.75, 3.05) is 13.1 Å². The Bertz CT molecular complexity index is 717. The molecule has 1 aliphatic heterocycles. The SMILES string of the molecule is CCC(CC)NC(=O)c1ccc(Cl)c(S(=O)(=O)N2CCCC(C)C2)c1. The number of piperidine rings is 1. The summed E-state index contributed by atoms with van der Waals surface area (Å²) in [6, 6.07) is 4.53. The number of amides is 1. The maximum absolute atomic E-state index is 13.0. The summed E-state index contributed by atoms with van der Waals surface area (Å²) in [7, 11) is -3.70. The molecule has 7 heteroatoms. The zero-order chi connectivity index (χ0) is 18.6. The highest BCUT2D eigenvalue weighted by Gasteiger charge is 2.31. The number of rotatable bonds is 6. The highest BCUT2D eigenvalue weighted by Crippen LogP contribution is 2.29. The molecular formula is C18H27ClN2O3S. The van der Waals surface area contributed by atoms with E-state index in [1.807, 2.05) is 20.8 Å². The van der Waals surface area contributed by atoms with E-state index in [1.54, 1.807) is 6.07 Å². The fraction of sp³-hybridized carbons (Fsp3) is 0.611. The Morgan fingerprint density at radius 1 is 1.36 bits per heavy atom. The fourth-order valence-corrected chi connectivity index (χ4v) is 5.21. The first kappa shape index (κ1) is 20.2. The Morgan fingerprint density at radius 2 is 2.04 bits per heavy atom.